The van der Waals surface area contributed by atoms with Gasteiger partial charge in [0.25, 0.3) is 0 Å². The molecule has 1 atom stereocenters. The second kappa shape index (κ2) is 6.38. The summed E-state index contributed by atoms with van der Waals surface area (Å²) in [6, 6.07) is 0.725. The Morgan fingerprint density at radius 2 is 2.14 bits per heavy atom. The van der Waals surface area contributed by atoms with Crippen LogP contribution in [0.2, 0.25) is 0 Å². The molecule has 84 valence electrons. The molecule has 0 radical (unpaired) electrons. The van der Waals surface area contributed by atoms with E-state index in [9.17, 15) is 0 Å². The molecule has 0 aliphatic carbocycles. The zero-order chi connectivity index (χ0) is 10.4. The quantitative estimate of drug-likeness (QED) is 0.655. The molecule has 3 heteroatoms. The molecule has 1 heterocycles. The van der Waals surface area contributed by atoms with Gasteiger partial charge >= 0.3 is 0 Å². The van der Waals surface area contributed by atoms with Crippen molar-refractivity contribution in [1.29, 1.82) is 0 Å². The molecule has 3 nitrogen and oxygen atoms in total. The van der Waals surface area contributed by atoms with Gasteiger partial charge in [-0.2, -0.15) is 0 Å². The van der Waals surface area contributed by atoms with E-state index in [4.69, 9.17) is 0 Å². The Balaban J connectivity index is 2.04. The summed E-state index contributed by atoms with van der Waals surface area (Å²) in [5.74, 6) is 0. The Hall–Kier alpha value is -0.120. The standard InChI is InChI=1S/C11H25N3/c1-11-10-12-6-9-14(11)8-5-4-7-13(2)3/h11-12H,4-10H2,1-3H3. The summed E-state index contributed by atoms with van der Waals surface area (Å²) in [5, 5.41) is 3.42. The summed E-state index contributed by atoms with van der Waals surface area (Å²) < 4.78 is 0. The van der Waals surface area contributed by atoms with Crippen molar-refractivity contribution in [1.82, 2.24) is 15.1 Å². The number of piperazine rings is 1. The van der Waals surface area contributed by atoms with Gasteiger partial charge in [0.1, 0.15) is 0 Å². The van der Waals surface area contributed by atoms with E-state index in [-0.39, 0.29) is 0 Å². The van der Waals surface area contributed by atoms with E-state index < -0.39 is 0 Å². The first kappa shape index (κ1) is 12.0. The number of rotatable bonds is 5. The second-order valence-electron chi connectivity index (χ2n) is 4.60. The summed E-state index contributed by atoms with van der Waals surface area (Å²) >= 11 is 0. The van der Waals surface area contributed by atoms with Crippen molar-refractivity contribution < 1.29 is 0 Å². The number of unbranched alkanes of at least 4 members (excludes halogenated alkanes) is 1. The third-order valence-corrected chi connectivity index (χ3v) is 2.94. The number of nitrogens with one attached hydrogen (secondary N) is 1. The highest BCUT2D eigenvalue weighted by molar-refractivity contribution is 4.75. The molecule has 1 aliphatic heterocycles. The molecular formula is C11H25N3. The summed E-state index contributed by atoms with van der Waals surface area (Å²) in [6.45, 7) is 8.37. The predicted molar refractivity (Wildman–Crippen MR) is 61.7 cm³/mol. The molecule has 1 rings (SSSR count). The lowest BCUT2D eigenvalue weighted by Gasteiger charge is -2.33. The maximum Gasteiger partial charge on any atom is 0.0192 e. The van der Waals surface area contributed by atoms with Gasteiger partial charge in [-0.1, -0.05) is 0 Å². The molecular weight excluding hydrogens is 174 g/mol. The summed E-state index contributed by atoms with van der Waals surface area (Å²) in [4.78, 5) is 4.87. The van der Waals surface area contributed by atoms with Gasteiger partial charge in [-0.3, -0.25) is 4.90 Å². The van der Waals surface area contributed by atoms with Gasteiger partial charge in [-0.25, -0.2) is 0 Å². The molecule has 1 fully saturated rings. The lowest BCUT2D eigenvalue weighted by Crippen LogP contribution is -2.49. The Kier molecular flexibility index (Phi) is 5.45. The van der Waals surface area contributed by atoms with E-state index in [2.05, 4.69) is 36.1 Å². The maximum atomic E-state index is 3.42. The molecule has 0 spiro atoms. The minimum Gasteiger partial charge on any atom is -0.314 e. The number of nitrogens with zero attached hydrogens (tertiary/aromatic N) is 2. The predicted octanol–water partition coefficient (Wildman–Crippen LogP) is 0.622. The van der Waals surface area contributed by atoms with Crippen LogP contribution >= 0.6 is 0 Å². The van der Waals surface area contributed by atoms with E-state index in [1.807, 2.05) is 0 Å². The highest BCUT2D eigenvalue weighted by Gasteiger charge is 2.16. The molecule has 0 amide bonds. The fourth-order valence-corrected chi connectivity index (χ4v) is 1.96. The maximum absolute atomic E-state index is 3.42. The van der Waals surface area contributed by atoms with Gasteiger partial charge in [0, 0.05) is 25.7 Å². The first-order valence-electron chi connectivity index (χ1n) is 5.79. The Morgan fingerprint density at radius 3 is 2.79 bits per heavy atom. The highest BCUT2D eigenvalue weighted by Crippen LogP contribution is 2.04. The van der Waals surface area contributed by atoms with Crippen molar-refractivity contribution in [3.63, 3.8) is 0 Å². The summed E-state index contributed by atoms with van der Waals surface area (Å²) in [7, 11) is 4.29. The highest BCUT2D eigenvalue weighted by atomic mass is 15.2. The topological polar surface area (TPSA) is 18.5 Å². The van der Waals surface area contributed by atoms with Crippen molar-refractivity contribution in [2.24, 2.45) is 0 Å². The first-order chi connectivity index (χ1) is 6.70. The fourth-order valence-electron chi connectivity index (χ4n) is 1.96. The monoisotopic (exact) mass is 199 g/mol. The van der Waals surface area contributed by atoms with Gasteiger partial charge in [-0.05, 0) is 47.0 Å². The van der Waals surface area contributed by atoms with Gasteiger partial charge in [0.05, 0.1) is 0 Å². The zero-order valence-corrected chi connectivity index (χ0v) is 9.92. The lowest BCUT2D eigenvalue weighted by atomic mass is 10.2. The van der Waals surface area contributed by atoms with Crippen molar-refractivity contribution in [2.75, 3.05) is 46.8 Å². The SMILES string of the molecule is CC1CNCCN1CCCCN(C)C. The number of hydrogen-bond donors (Lipinski definition) is 1. The van der Waals surface area contributed by atoms with Gasteiger partial charge in [0.2, 0.25) is 0 Å². The normalized spacial score (nSPS) is 24.4. The van der Waals surface area contributed by atoms with Crippen molar-refractivity contribution >= 4 is 0 Å². The van der Waals surface area contributed by atoms with Crippen LogP contribution < -0.4 is 5.32 Å². The van der Waals surface area contributed by atoms with Crippen LogP contribution in [0.3, 0.4) is 0 Å². The smallest absolute Gasteiger partial charge is 0.0192 e. The van der Waals surface area contributed by atoms with Crippen LogP contribution in [-0.4, -0.2) is 62.7 Å². The number of hydrogen-bond acceptors (Lipinski definition) is 3. The molecule has 1 unspecified atom stereocenters. The third-order valence-electron chi connectivity index (χ3n) is 2.94. The molecule has 1 N–H and O–H groups in total. The van der Waals surface area contributed by atoms with Gasteiger partial charge < -0.3 is 10.2 Å². The van der Waals surface area contributed by atoms with Crippen molar-refractivity contribution in [3.05, 3.63) is 0 Å². The molecule has 0 aromatic rings. The largest absolute Gasteiger partial charge is 0.314 e. The van der Waals surface area contributed by atoms with Crippen LogP contribution in [0.1, 0.15) is 19.8 Å². The Bertz CT molecular complexity index is 147. The Labute approximate surface area is 88.5 Å². The van der Waals surface area contributed by atoms with Crippen LogP contribution in [0.15, 0.2) is 0 Å². The molecule has 0 saturated carbocycles. The van der Waals surface area contributed by atoms with E-state index in [1.54, 1.807) is 0 Å². The first-order valence-corrected chi connectivity index (χ1v) is 5.79. The van der Waals surface area contributed by atoms with Crippen LogP contribution in [0.25, 0.3) is 0 Å². The molecule has 1 saturated heterocycles. The Morgan fingerprint density at radius 1 is 1.36 bits per heavy atom. The van der Waals surface area contributed by atoms with Gasteiger partial charge in [0.15, 0.2) is 0 Å². The lowest BCUT2D eigenvalue weighted by molar-refractivity contribution is 0.169. The second-order valence-corrected chi connectivity index (χ2v) is 4.60. The molecule has 0 aromatic heterocycles. The van der Waals surface area contributed by atoms with Crippen LogP contribution in [0.4, 0.5) is 0 Å². The van der Waals surface area contributed by atoms with Crippen molar-refractivity contribution in [2.45, 2.75) is 25.8 Å². The average molecular weight is 199 g/mol. The van der Waals surface area contributed by atoms with Crippen LogP contribution in [0.5, 0.6) is 0 Å². The summed E-state index contributed by atoms with van der Waals surface area (Å²) in [6.07, 6.45) is 2.66. The van der Waals surface area contributed by atoms with Gasteiger partial charge in [-0.15, -0.1) is 0 Å². The minimum atomic E-state index is 0.725. The van der Waals surface area contributed by atoms with E-state index in [1.165, 1.54) is 32.5 Å². The average Bonchev–Trinajstić information content (AvgIpc) is 2.15. The van der Waals surface area contributed by atoms with E-state index >= 15 is 0 Å². The molecule has 14 heavy (non-hydrogen) atoms. The molecule has 0 bridgehead atoms. The van der Waals surface area contributed by atoms with Crippen molar-refractivity contribution in [3.8, 4) is 0 Å². The molecule has 1 aliphatic rings. The van der Waals surface area contributed by atoms with Crippen LogP contribution in [0, 0.1) is 0 Å². The zero-order valence-electron chi connectivity index (χ0n) is 9.92. The van der Waals surface area contributed by atoms with E-state index in [0.29, 0.717) is 0 Å². The summed E-state index contributed by atoms with van der Waals surface area (Å²) in [5.41, 5.74) is 0. The third kappa shape index (κ3) is 4.40. The minimum absolute atomic E-state index is 0.725. The van der Waals surface area contributed by atoms with E-state index in [0.717, 1.165) is 19.1 Å². The van der Waals surface area contributed by atoms with Crippen LogP contribution in [-0.2, 0) is 0 Å². The fraction of sp³-hybridized carbons (Fsp3) is 1.00. The molecule has 0 aromatic carbocycles.